The Morgan fingerprint density at radius 1 is 1.29 bits per heavy atom. The van der Waals surface area contributed by atoms with Gasteiger partial charge in [0, 0.05) is 19.1 Å². The highest BCUT2D eigenvalue weighted by molar-refractivity contribution is 5.38. The van der Waals surface area contributed by atoms with E-state index in [1.165, 1.54) is 11.6 Å². The first-order chi connectivity index (χ1) is 10.2. The van der Waals surface area contributed by atoms with Crippen molar-refractivity contribution in [1.29, 1.82) is 5.26 Å². The van der Waals surface area contributed by atoms with Crippen molar-refractivity contribution in [2.45, 2.75) is 25.9 Å². The van der Waals surface area contributed by atoms with Gasteiger partial charge in [-0.25, -0.2) is 4.39 Å². The highest BCUT2D eigenvalue weighted by Crippen LogP contribution is 2.31. The van der Waals surface area contributed by atoms with E-state index in [-0.39, 0.29) is 11.9 Å². The van der Waals surface area contributed by atoms with Gasteiger partial charge in [-0.05, 0) is 48.2 Å². The fourth-order valence-electron chi connectivity index (χ4n) is 3.04. The van der Waals surface area contributed by atoms with Crippen LogP contribution in [-0.4, -0.2) is 11.4 Å². The summed E-state index contributed by atoms with van der Waals surface area (Å²) in [6.45, 7) is 3.76. The molecule has 3 heteroatoms. The largest absolute Gasteiger partial charge is 0.292 e. The Hall–Kier alpha value is -2.18. The lowest BCUT2D eigenvalue weighted by molar-refractivity contribution is 0.189. The third-order valence-electron chi connectivity index (χ3n) is 4.29. The van der Waals surface area contributed by atoms with E-state index in [0.29, 0.717) is 0 Å². The lowest BCUT2D eigenvalue weighted by atomic mass is 9.92. The van der Waals surface area contributed by atoms with Crippen LogP contribution in [0.5, 0.6) is 0 Å². The Bertz CT molecular complexity index is 703. The molecule has 0 amide bonds. The summed E-state index contributed by atoms with van der Waals surface area (Å²) in [6, 6.07) is 15.1. The van der Waals surface area contributed by atoms with Gasteiger partial charge in [0.05, 0.1) is 11.6 Å². The van der Waals surface area contributed by atoms with Gasteiger partial charge in [0.2, 0.25) is 0 Å². The van der Waals surface area contributed by atoms with Crippen molar-refractivity contribution < 1.29 is 4.39 Å². The monoisotopic (exact) mass is 280 g/mol. The van der Waals surface area contributed by atoms with Gasteiger partial charge >= 0.3 is 0 Å². The summed E-state index contributed by atoms with van der Waals surface area (Å²) in [5.74, 6) is -0.181. The first kappa shape index (κ1) is 13.8. The summed E-state index contributed by atoms with van der Waals surface area (Å²) >= 11 is 0. The number of rotatable bonds is 2. The van der Waals surface area contributed by atoms with Crippen LogP contribution in [0.15, 0.2) is 42.5 Å². The first-order valence-corrected chi connectivity index (χ1v) is 7.19. The van der Waals surface area contributed by atoms with E-state index in [1.54, 1.807) is 6.07 Å². The summed E-state index contributed by atoms with van der Waals surface area (Å²) in [5, 5.41) is 9.19. The lowest BCUT2D eigenvalue weighted by Crippen LogP contribution is -2.33. The molecule has 2 aromatic carbocycles. The zero-order valence-electron chi connectivity index (χ0n) is 12.0. The summed E-state index contributed by atoms with van der Waals surface area (Å²) < 4.78 is 13.5. The van der Waals surface area contributed by atoms with Crippen LogP contribution in [0.25, 0.3) is 0 Å². The van der Waals surface area contributed by atoms with E-state index in [4.69, 9.17) is 0 Å². The molecule has 0 saturated heterocycles. The van der Waals surface area contributed by atoms with E-state index in [9.17, 15) is 9.65 Å². The van der Waals surface area contributed by atoms with Gasteiger partial charge in [-0.15, -0.1) is 0 Å². The minimum Gasteiger partial charge on any atom is -0.292 e. The van der Waals surface area contributed by atoms with Crippen LogP contribution in [-0.2, 0) is 13.0 Å². The first-order valence-electron chi connectivity index (χ1n) is 7.19. The minimum absolute atomic E-state index is 0.163. The van der Waals surface area contributed by atoms with Crippen molar-refractivity contribution in [3.63, 3.8) is 0 Å². The maximum atomic E-state index is 13.5. The quantitative estimate of drug-likeness (QED) is 0.836. The number of nitriles is 1. The number of fused-ring (bicyclic) bond motifs is 1. The predicted molar refractivity (Wildman–Crippen MR) is 80.1 cm³/mol. The molecule has 2 nitrogen and oxygen atoms in total. The second-order valence-corrected chi connectivity index (χ2v) is 5.51. The second kappa shape index (κ2) is 5.67. The van der Waals surface area contributed by atoms with E-state index in [0.717, 1.165) is 36.2 Å². The van der Waals surface area contributed by atoms with E-state index in [2.05, 4.69) is 17.9 Å². The lowest BCUT2D eigenvalue weighted by Gasteiger charge is -2.35. The van der Waals surface area contributed by atoms with Gasteiger partial charge in [0.1, 0.15) is 5.82 Å². The SMILES string of the molecule is CC1c2cc(F)ccc2CCN1Cc1ccccc1C#N. The van der Waals surface area contributed by atoms with Crippen molar-refractivity contribution in [3.8, 4) is 6.07 Å². The van der Waals surface area contributed by atoms with Crippen molar-refractivity contribution in [3.05, 3.63) is 70.5 Å². The number of hydrogen-bond donors (Lipinski definition) is 0. The van der Waals surface area contributed by atoms with Crippen molar-refractivity contribution in [2.24, 2.45) is 0 Å². The van der Waals surface area contributed by atoms with Gasteiger partial charge in [0.25, 0.3) is 0 Å². The minimum atomic E-state index is -0.181. The van der Waals surface area contributed by atoms with Crippen molar-refractivity contribution in [2.75, 3.05) is 6.54 Å². The Morgan fingerprint density at radius 2 is 2.10 bits per heavy atom. The van der Waals surface area contributed by atoms with Gasteiger partial charge in [-0.1, -0.05) is 24.3 Å². The summed E-state index contributed by atoms with van der Waals surface area (Å²) in [5.41, 5.74) is 4.05. The van der Waals surface area contributed by atoms with Crippen LogP contribution in [0.2, 0.25) is 0 Å². The molecule has 0 spiro atoms. The van der Waals surface area contributed by atoms with E-state index >= 15 is 0 Å². The number of hydrogen-bond acceptors (Lipinski definition) is 2. The second-order valence-electron chi connectivity index (χ2n) is 5.51. The van der Waals surface area contributed by atoms with Crippen LogP contribution < -0.4 is 0 Å². The van der Waals surface area contributed by atoms with Crippen LogP contribution in [0.4, 0.5) is 4.39 Å². The molecule has 0 N–H and O–H groups in total. The zero-order chi connectivity index (χ0) is 14.8. The molecule has 0 fully saturated rings. The third kappa shape index (κ3) is 2.68. The molecule has 0 aromatic heterocycles. The highest BCUT2D eigenvalue weighted by Gasteiger charge is 2.24. The van der Waals surface area contributed by atoms with Crippen molar-refractivity contribution in [1.82, 2.24) is 4.90 Å². The number of benzene rings is 2. The van der Waals surface area contributed by atoms with Crippen LogP contribution in [0.1, 0.15) is 35.2 Å². The third-order valence-corrected chi connectivity index (χ3v) is 4.29. The smallest absolute Gasteiger partial charge is 0.123 e. The molecule has 1 heterocycles. The number of halogens is 1. The Balaban J connectivity index is 1.87. The normalized spacial score (nSPS) is 18.0. The fraction of sp³-hybridized carbons (Fsp3) is 0.278. The fourth-order valence-corrected chi connectivity index (χ4v) is 3.04. The van der Waals surface area contributed by atoms with Crippen LogP contribution in [0.3, 0.4) is 0 Å². The topological polar surface area (TPSA) is 27.0 Å². The van der Waals surface area contributed by atoms with Gasteiger partial charge in [-0.3, -0.25) is 4.90 Å². The Morgan fingerprint density at radius 3 is 2.90 bits per heavy atom. The van der Waals surface area contributed by atoms with Crippen LogP contribution in [0, 0.1) is 17.1 Å². The Labute approximate surface area is 124 Å². The van der Waals surface area contributed by atoms with Gasteiger partial charge in [0.15, 0.2) is 0 Å². The predicted octanol–water partition coefficient (Wildman–Crippen LogP) is 3.82. The molecular weight excluding hydrogens is 263 g/mol. The molecule has 0 aliphatic carbocycles. The molecule has 1 atom stereocenters. The maximum absolute atomic E-state index is 13.5. The molecule has 1 unspecified atom stereocenters. The van der Waals surface area contributed by atoms with Gasteiger partial charge < -0.3 is 0 Å². The maximum Gasteiger partial charge on any atom is 0.123 e. The molecule has 3 rings (SSSR count). The zero-order valence-corrected chi connectivity index (χ0v) is 12.0. The molecule has 21 heavy (non-hydrogen) atoms. The van der Waals surface area contributed by atoms with E-state index < -0.39 is 0 Å². The summed E-state index contributed by atoms with van der Waals surface area (Å²) in [4.78, 5) is 2.30. The Kier molecular flexibility index (Phi) is 3.72. The average molecular weight is 280 g/mol. The average Bonchev–Trinajstić information content (AvgIpc) is 2.51. The molecule has 0 saturated carbocycles. The summed E-state index contributed by atoms with van der Waals surface area (Å²) in [6.07, 6.45) is 0.925. The number of nitrogens with zero attached hydrogens (tertiary/aromatic N) is 2. The van der Waals surface area contributed by atoms with E-state index in [1.807, 2.05) is 30.3 Å². The van der Waals surface area contributed by atoms with Crippen molar-refractivity contribution >= 4 is 0 Å². The molecule has 0 bridgehead atoms. The molecule has 1 aliphatic rings. The molecule has 2 aromatic rings. The van der Waals surface area contributed by atoms with Crippen LogP contribution >= 0.6 is 0 Å². The highest BCUT2D eigenvalue weighted by atomic mass is 19.1. The molecular formula is C18H17FN2. The standard InChI is InChI=1S/C18H17FN2/c1-13-18-10-17(19)7-6-14(18)8-9-21(13)12-16-5-3-2-4-15(16)11-20/h2-7,10,13H,8-9,12H2,1H3. The molecule has 1 aliphatic heterocycles. The summed E-state index contributed by atoms with van der Waals surface area (Å²) in [7, 11) is 0. The molecule has 0 radical (unpaired) electrons. The molecule has 106 valence electrons. The van der Waals surface area contributed by atoms with Gasteiger partial charge in [-0.2, -0.15) is 5.26 Å².